The molecule has 3 rings (SSSR count). The summed E-state index contributed by atoms with van der Waals surface area (Å²) in [5.41, 5.74) is 3.00. The number of carbonyl (C=O) groups excluding carboxylic acids is 1. The molecule has 0 radical (unpaired) electrons. The highest BCUT2D eigenvalue weighted by atomic mass is 32.1. The lowest BCUT2D eigenvalue weighted by molar-refractivity contribution is 0.102. The maximum atomic E-state index is 12.0. The monoisotopic (exact) mass is 332 g/mol. The molecule has 0 saturated carbocycles. The van der Waals surface area contributed by atoms with Gasteiger partial charge in [-0.2, -0.15) is 0 Å². The van der Waals surface area contributed by atoms with Crippen molar-refractivity contribution in [3.8, 4) is 5.75 Å². The number of nitrogens with zero attached hydrogens (tertiary/aromatic N) is 3. The normalized spacial score (nSPS) is 10.4. The van der Waals surface area contributed by atoms with Crippen molar-refractivity contribution in [2.24, 2.45) is 0 Å². The molecule has 8 heteroatoms. The summed E-state index contributed by atoms with van der Waals surface area (Å²) in [6.07, 6.45) is 0. The Morgan fingerprint density at radius 2 is 2.09 bits per heavy atom. The van der Waals surface area contributed by atoms with E-state index in [9.17, 15) is 4.79 Å². The second-order valence-electron chi connectivity index (χ2n) is 4.37. The predicted molar refractivity (Wildman–Crippen MR) is 85.5 cm³/mol. The highest BCUT2D eigenvalue weighted by Crippen LogP contribution is 2.17. The topological polar surface area (TPSA) is 77.0 Å². The van der Waals surface area contributed by atoms with Crippen LogP contribution in [0.1, 0.15) is 21.1 Å². The van der Waals surface area contributed by atoms with Gasteiger partial charge in [0.25, 0.3) is 5.91 Å². The van der Waals surface area contributed by atoms with Gasteiger partial charge in [0.2, 0.25) is 5.13 Å². The maximum Gasteiger partial charge on any atom is 0.257 e. The van der Waals surface area contributed by atoms with Crippen LogP contribution in [0.4, 0.5) is 5.13 Å². The van der Waals surface area contributed by atoms with Crippen molar-refractivity contribution >= 4 is 33.7 Å². The Labute approximate surface area is 134 Å². The van der Waals surface area contributed by atoms with Gasteiger partial charge in [0.05, 0.1) is 10.7 Å². The molecule has 0 aliphatic heterocycles. The Morgan fingerprint density at radius 3 is 2.73 bits per heavy atom. The van der Waals surface area contributed by atoms with Gasteiger partial charge in [0, 0.05) is 10.9 Å². The van der Waals surface area contributed by atoms with Crippen molar-refractivity contribution in [1.29, 1.82) is 0 Å². The third-order valence-electron chi connectivity index (χ3n) is 2.75. The van der Waals surface area contributed by atoms with Gasteiger partial charge in [-0.3, -0.25) is 10.1 Å². The van der Waals surface area contributed by atoms with E-state index in [1.807, 2.05) is 12.3 Å². The van der Waals surface area contributed by atoms with E-state index in [0.29, 0.717) is 23.1 Å². The quantitative estimate of drug-likeness (QED) is 0.777. The lowest BCUT2D eigenvalue weighted by atomic mass is 10.2. The number of rotatable bonds is 5. The molecule has 0 unspecified atom stereocenters. The first-order chi connectivity index (χ1) is 10.7. The molecule has 1 N–H and O–H groups in total. The summed E-state index contributed by atoms with van der Waals surface area (Å²) in [7, 11) is 0. The first-order valence-electron chi connectivity index (χ1n) is 6.42. The molecule has 2 heterocycles. The van der Waals surface area contributed by atoms with Gasteiger partial charge in [-0.25, -0.2) is 4.98 Å². The van der Waals surface area contributed by atoms with Gasteiger partial charge in [-0.05, 0) is 31.2 Å². The molecule has 0 saturated heterocycles. The first kappa shape index (κ1) is 14.6. The smallest absolute Gasteiger partial charge is 0.257 e. The number of ether oxygens (including phenoxy) is 1. The lowest BCUT2D eigenvalue weighted by Crippen LogP contribution is -2.11. The second kappa shape index (κ2) is 6.63. The van der Waals surface area contributed by atoms with E-state index in [1.165, 1.54) is 11.3 Å². The lowest BCUT2D eigenvalue weighted by Gasteiger charge is -2.05. The largest absolute Gasteiger partial charge is 0.487 e. The molecule has 0 aliphatic rings. The fourth-order valence-electron chi connectivity index (χ4n) is 1.73. The van der Waals surface area contributed by atoms with E-state index in [-0.39, 0.29) is 5.91 Å². The fourth-order valence-corrected chi connectivity index (χ4v) is 2.77. The van der Waals surface area contributed by atoms with E-state index in [1.54, 1.807) is 41.1 Å². The molecule has 0 aliphatic carbocycles. The summed E-state index contributed by atoms with van der Waals surface area (Å²) in [6, 6.07) is 6.93. The van der Waals surface area contributed by atoms with Crippen LogP contribution in [0.5, 0.6) is 5.75 Å². The third kappa shape index (κ3) is 3.66. The molecule has 1 amide bonds. The average Bonchev–Trinajstić information content (AvgIpc) is 3.17. The molecule has 0 atom stereocenters. The van der Waals surface area contributed by atoms with Crippen molar-refractivity contribution in [3.63, 3.8) is 0 Å². The molecule has 3 aromatic rings. The number of amides is 1. The van der Waals surface area contributed by atoms with E-state index in [0.717, 1.165) is 10.7 Å². The fraction of sp³-hybridized carbons (Fsp3) is 0.143. The van der Waals surface area contributed by atoms with Gasteiger partial charge >= 0.3 is 0 Å². The van der Waals surface area contributed by atoms with Crippen molar-refractivity contribution in [1.82, 2.24) is 15.2 Å². The standard InChI is InChI=1S/C14H12N4O2S2/c1-9-16-11(7-21-9)6-20-12-4-2-10(3-5-12)13(19)17-14-18-15-8-22-14/h2-5,7-8H,6H2,1H3,(H,17,18,19). The summed E-state index contributed by atoms with van der Waals surface area (Å²) in [5.74, 6) is 0.469. The van der Waals surface area contributed by atoms with Crippen LogP contribution in [-0.2, 0) is 6.61 Å². The van der Waals surface area contributed by atoms with Gasteiger partial charge in [-0.15, -0.1) is 21.5 Å². The number of anilines is 1. The first-order valence-corrected chi connectivity index (χ1v) is 8.18. The van der Waals surface area contributed by atoms with E-state index < -0.39 is 0 Å². The zero-order chi connectivity index (χ0) is 15.4. The summed E-state index contributed by atoms with van der Waals surface area (Å²) < 4.78 is 5.64. The maximum absolute atomic E-state index is 12.0. The SMILES string of the molecule is Cc1nc(COc2ccc(C(=O)Nc3nncs3)cc2)cs1. The number of carbonyl (C=O) groups is 1. The van der Waals surface area contributed by atoms with Crippen LogP contribution < -0.4 is 10.1 Å². The zero-order valence-corrected chi connectivity index (χ0v) is 13.3. The Morgan fingerprint density at radius 1 is 1.27 bits per heavy atom. The number of nitrogens with one attached hydrogen (secondary N) is 1. The number of hydrogen-bond donors (Lipinski definition) is 1. The van der Waals surface area contributed by atoms with Crippen LogP contribution in [-0.4, -0.2) is 21.1 Å². The number of hydrogen-bond acceptors (Lipinski definition) is 7. The zero-order valence-electron chi connectivity index (χ0n) is 11.6. The molecular weight excluding hydrogens is 320 g/mol. The van der Waals surface area contributed by atoms with Gasteiger partial charge in [0.15, 0.2) is 0 Å². The van der Waals surface area contributed by atoms with E-state index in [2.05, 4.69) is 20.5 Å². The highest BCUT2D eigenvalue weighted by molar-refractivity contribution is 7.13. The Hall–Kier alpha value is -2.32. The molecule has 22 heavy (non-hydrogen) atoms. The summed E-state index contributed by atoms with van der Waals surface area (Å²) in [4.78, 5) is 16.3. The van der Waals surface area contributed by atoms with E-state index in [4.69, 9.17) is 4.74 Å². The van der Waals surface area contributed by atoms with Crippen LogP contribution in [0, 0.1) is 6.92 Å². The van der Waals surface area contributed by atoms with Crippen molar-refractivity contribution in [2.75, 3.05) is 5.32 Å². The van der Waals surface area contributed by atoms with Crippen molar-refractivity contribution in [2.45, 2.75) is 13.5 Å². The Kier molecular flexibility index (Phi) is 4.40. The van der Waals surface area contributed by atoms with E-state index >= 15 is 0 Å². The molecular formula is C14H12N4O2S2. The minimum absolute atomic E-state index is 0.224. The summed E-state index contributed by atoms with van der Waals surface area (Å²) in [6.45, 7) is 2.38. The molecule has 0 fully saturated rings. The number of aryl methyl sites for hydroxylation is 1. The van der Waals surface area contributed by atoms with Crippen LogP contribution in [0.3, 0.4) is 0 Å². The molecule has 1 aromatic carbocycles. The van der Waals surface area contributed by atoms with Gasteiger partial charge in [0.1, 0.15) is 17.9 Å². The molecule has 0 bridgehead atoms. The Bertz CT molecular complexity index is 754. The van der Waals surface area contributed by atoms with Crippen LogP contribution in [0.25, 0.3) is 0 Å². The highest BCUT2D eigenvalue weighted by Gasteiger charge is 2.08. The number of thiazole rings is 1. The summed E-state index contributed by atoms with van der Waals surface area (Å²) >= 11 is 2.87. The second-order valence-corrected chi connectivity index (χ2v) is 6.26. The third-order valence-corrected chi connectivity index (χ3v) is 4.18. The molecule has 0 spiro atoms. The van der Waals surface area contributed by atoms with Crippen LogP contribution >= 0.6 is 22.7 Å². The molecule has 2 aromatic heterocycles. The number of benzene rings is 1. The predicted octanol–water partition coefficient (Wildman–Crippen LogP) is 3.13. The number of aromatic nitrogens is 3. The van der Waals surface area contributed by atoms with Crippen molar-refractivity contribution in [3.05, 3.63) is 51.4 Å². The molecule has 112 valence electrons. The van der Waals surface area contributed by atoms with Gasteiger partial charge in [-0.1, -0.05) is 11.3 Å². The minimum Gasteiger partial charge on any atom is -0.487 e. The Balaban J connectivity index is 1.58. The van der Waals surface area contributed by atoms with Crippen LogP contribution in [0.15, 0.2) is 35.2 Å². The molecule has 6 nitrogen and oxygen atoms in total. The minimum atomic E-state index is -0.224. The summed E-state index contributed by atoms with van der Waals surface area (Å²) in [5, 5.41) is 13.6. The van der Waals surface area contributed by atoms with Crippen molar-refractivity contribution < 1.29 is 9.53 Å². The average molecular weight is 332 g/mol. The van der Waals surface area contributed by atoms with Crippen LogP contribution in [0.2, 0.25) is 0 Å². The van der Waals surface area contributed by atoms with Gasteiger partial charge < -0.3 is 4.74 Å².